The van der Waals surface area contributed by atoms with E-state index >= 15 is 0 Å². The van der Waals surface area contributed by atoms with Gasteiger partial charge in [0.15, 0.2) is 9.84 Å². The lowest BCUT2D eigenvalue weighted by Crippen LogP contribution is -2.39. The number of hydrogen-bond acceptors (Lipinski definition) is 4. The summed E-state index contributed by atoms with van der Waals surface area (Å²) in [7, 11) is -3.38. The fraction of sp³-hybridized carbons (Fsp3) is 0.462. The van der Waals surface area contributed by atoms with Crippen molar-refractivity contribution in [3.05, 3.63) is 24.3 Å². The molecule has 1 aromatic carbocycles. The van der Waals surface area contributed by atoms with E-state index in [1.165, 1.54) is 6.07 Å². The molecule has 0 aliphatic heterocycles. The SMILES string of the molecule is CCC(C)(CN)C(=O)Nc1ccccc1S(C)(=O)=O. The molecular weight excluding hydrogens is 264 g/mol. The van der Waals surface area contributed by atoms with Crippen molar-refractivity contribution in [3.8, 4) is 0 Å². The van der Waals surface area contributed by atoms with Crippen molar-refractivity contribution in [2.24, 2.45) is 11.1 Å². The molecule has 0 aliphatic carbocycles. The Bertz CT molecular complexity index is 563. The second-order valence-electron chi connectivity index (χ2n) is 4.84. The van der Waals surface area contributed by atoms with Crippen LogP contribution in [0.15, 0.2) is 29.2 Å². The third-order valence-corrected chi connectivity index (χ3v) is 4.47. The van der Waals surface area contributed by atoms with Crippen molar-refractivity contribution < 1.29 is 13.2 Å². The van der Waals surface area contributed by atoms with Crippen molar-refractivity contribution in [2.75, 3.05) is 18.1 Å². The van der Waals surface area contributed by atoms with Crippen molar-refractivity contribution in [3.63, 3.8) is 0 Å². The maximum atomic E-state index is 12.2. The number of carbonyl (C=O) groups excluding carboxylic acids is 1. The Morgan fingerprint density at radius 1 is 1.37 bits per heavy atom. The van der Waals surface area contributed by atoms with E-state index in [4.69, 9.17) is 5.73 Å². The average Bonchev–Trinajstić information content (AvgIpc) is 2.37. The molecular formula is C13H20N2O3S. The summed E-state index contributed by atoms with van der Waals surface area (Å²) in [4.78, 5) is 12.3. The molecule has 0 radical (unpaired) electrons. The van der Waals surface area contributed by atoms with Crippen LogP contribution in [0.2, 0.25) is 0 Å². The Kier molecular flexibility index (Phi) is 4.70. The van der Waals surface area contributed by atoms with Gasteiger partial charge in [-0.3, -0.25) is 4.79 Å². The van der Waals surface area contributed by atoms with Crippen LogP contribution in [0.1, 0.15) is 20.3 Å². The lowest BCUT2D eigenvalue weighted by molar-refractivity contribution is -0.124. The predicted octanol–water partition coefficient (Wildman–Crippen LogP) is 1.40. The van der Waals surface area contributed by atoms with Gasteiger partial charge in [-0.25, -0.2) is 8.42 Å². The van der Waals surface area contributed by atoms with E-state index in [0.29, 0.717) is 12.1 Å². The first kappa shape index (κ1) is 15.7. The maximum Gasteiger partial charge on any atom is 0.231 e. The first-order valence-electron chi connectivity index (χ1n) is 6.05. The molecule has 0 heterocycles. The van der Waals surface area contributed by atoms with E-state index in [1.54, 1.807) is 25.1 Å². The van der Waals surface area contributed by atoms with Crippen molar-refractivity contribution in [1.82, 2.24) is 0 Å². The fourth-order valence-electron chi connectivity index (χ4n) is 1.56. The number of rotatable bonds is 5. The van der Waals surface area contributed by atoms with Gasteiger partial charge in [-0.1, -0.05) is 19.1 Å². The van der Waals surface area contributed by atoms with Crippen LogP contribution in [0.3, 0.4) is 0 Å². The Hall–Kier alpha value is -1.40. The minimum absolute atomic E-state index is 0.110. The third kappa shape index (κ3) is 3.54. The highest BCUT2D eigenvalue weighted by Crippen LogP contribution is 2.25. The summed E-state index contributed by atoms with van der Waals surface area (Å²) < 4.78 is 23.3. The normalized spacial score (nSPS) is 14.7. The molecule has 1 amide bonds. The number of amides is 1. The summed E-state index contributed by atoms with van der Waals surface area (Å²) in [6, 6.07) is 6.33. The van der Waals surface area contributed by atoms with Gasteiger partial charge in [-0.05, 0) is 25.5 Å². The second kappa shape index (κ2) is 5.71. The highest BCUT2D eigenvalue weighted by Gasteiger charge is 2.30. The molecule has 3 N–H and O–H groups in total. The number of nitrogens with two attached hydrogens (primary N) is 1. The van der Waals surface area contributed by atoms with Crippen LogP contribution >= 0.6 is 0 Å². The van der Waals surface area contributed by atoms with Gasteiger partial charge in [0.1, 0.15) is 0 Å². The Labute approximate surface area is 114 Å². The first-order valence-corrected chi connectivity index (χ1v) is 7.94. The predicted molar refractivity (Wildman–Crippen MR) is 75.6 cm³/mol. The second-order valence-corrected chi connectivity index (χ2v) is 6.82. The molecule has 0 bridgehead atoms. The van der Waals surface area contributed by atoms with Crippen LogP contribution in [-0.4, -0.2) is 27.1 Å². The van der Waals surface area contributed by atoms with Crippen LogP contribution in [0.4, 0.5) is 5.69 Å². The molecule has 0 spiro atoms. The molecule has 0 aromatic heterocycles. The molecule has 0 aliphatic rings. The van der Waals surface area contributed by atoms with E-state index in [0.717, 1.165) is 6.26 Å². The zero-order valence-corrected chi connectivity index (χ0v) is 12.3. The summed E-state index contributed by atoms with van der Waals surface area (Å²) >= 11 is 0. The smallest absolute Gasteiger partial charge is 0.231 e. The lowest BCUT2D eigenvalue weighted by atomic mass is 9.86. The summed E-state index contributed by atoms with van der Waals surface area (Å²) in [5.74, 6) is -0.270. The molecule has 1 rings (SSSR count). The number of para-hydroxylation sites is 1. The number of benzene rings is 1. The van der Waals surface area contributed by atoms with Gasteiger partial charge in [-0.2, -0.15) is 0 Å². The molecule has 1 aromatic rings. The summed E-state index contributed by atoms with van der Waals surface area (Å²) in [6.45, 7) is 3.83. The quantitative estimate of drug-likeness (QED) is 0.855. The highest BCUT2D eigenvalue weighted by molar-refractivity contribution is 7.90. The first-order chi connectivity index (χ1) is 8.74. The van der Waals surface area contributed by atoms with Crippen molar-refractivity contribution >= 4 is 21.4 Å². The van der Waals surface area contributed by atoms with E-state index in [-0.39, 0.29) is 17.3 Å². The van der Waals surface area contributed by atoms with Gasteiger partial charge >= 0.3 is 0 Å². The molecule has 1 atom stereocenters. The highest BCUT2D eigenvalue weighted by atomic mass is 32.2. The molecule has 0 fully saturated rings. The van der Waals surface area contributed by atoms with Gasteiger partial charge in [0, 0.05) is 12.8 Å². The zero-order valence-electron chi connectivity index (χ0n) is 11.4. The zero-order chi connectivity index (χ0) is 14.7. The topological polar surface area (TPSA) is 89.3 Å². The average molecular weight is 284 g/mol. The van der Waals surface area contributed by atoms with E-state index in [9.17, 15) is 13.2 Å². The van der Waals surface area contributed by atoms with Crippen LogP contribution in [-0.2, 0) is 14.6 Å². The summed E-state index contributed by atoms with van der Waals surface area (Å²) in [5, 5.41) is 2.66. The number of carbonyl (C=O) groups is 1. The van der Waals surface area contributed by atoms with E-state index in [1.807, 2.05) is 6.92 Å². The molecule has 106 valence electrons. The molecule has 1 unspecified atom stereocenters. The van der Waals surface area contributed by atoms with Crippen LogP contribution in [0, 0.1) is 5.41 Å². The number of anilines is 1. The molecule has 0 saturated heterocycles. The molecule has 6 heteroatoms. The van der Waals surface area contributed by atoms with Crippen LogP contribution < -0.4 is 11.1 Å². The van der Waals surface area contributed by atoms with Gasteiger partial charge < -0.3 is 11.1 Å². The van der Waals surface area contributed by atoms with E-state index < -0.39 is 15.3 Å². The van der Waals surface area contributed by atoms with Crippen molar-refractivity contribution in [1.29, 1.82) is 0 Å². The standard InChI is InChI=1S/C13H20N2O3S/c1-4-13(2,9-14)12(16)15-10-7-5-6-8-11(10)19(3,17)18/h5-8H,4,9,14H2,1-3H3,(H,15,16). The van der Waals surface area contributed by atoms with Crippen LogP contribution in [0.5, 0.6) is 0 Å². The number of sulfone groups is 1. The Balaban J connectivity index is 3.11. The largest absolute Gasteiger partial charge is 0.329 e. The number of nitrogens with one attached hydrogen (secondary N) is 1. The monoisotopic (exact) mass is 284 g/mol. The van der Waals surface area contributed by atoms with Crippen LogP contribution in [0.25, 0.3) is 0 Å². The third-order valence-electron chi connectivity index (χ3n) is 3.31. The summed E-state index contributed by atoms with van der Waals surface area (Å²) in [6.07, 6.45) is 1.69. The van der Waals surface area contributed by atoms with Gasteiger partial charge in [-0.15, -0.1) is 0 Å². The maximum absolute atomic E-state index is 12.2. The summed E-state index contributed by atoms with van der Waals surface area (Å²) in [5.41, 5.74) is 5.21. The van der Waals surface area contributed by atoms with Crippen molar-refractivity contribution in [2.45, 2.75) is 25.2 Å². The Morgan fingerprint density at radius 2 is 1.95 bits per heavy atom. The van der Waals surface area contributed by atoms with Gasteiger partial charge in [0.2, 0.25) is 5.91 Å². The molecule has 5 nitrogen and oxygen atoms in total. The van der Waals surface area contributed by atoms with Gasteiger partial charge in [0.25, 0.3) is 0 Å². The minimum atomic E-state index is -3.38. The number of hydrogen-bond donors (Lipinski definition) is 2. The van der Waals surface area contributed by atoms with Gasteiger partial charge in [0.05, 0.1) is 16.0 Å². The minimum Gasteiger partial charge on any atom is -0.329 e. The fourth-order valence-corrected chi connectivity index (χ4v) is 2.41. The Morgan fingerprint density at radius 3 is 2.42 bits per heavy atom. The lowest BCUT2D eigenvalue weighted by Gasteiger charge is -2.25. The molecule has 0 saturated carbocycles. The molecule has 19 heavy (non-hydrogen) atoms. The van der Waals surface area contributed by atoms with E-state index in [2.05, 4.69) is 5.32 Å².